The highest BCUT2D eigenvalue weighted by Gasteiger charge is 2.19. The van der Waals surface area contributed by atoms with Crippen LogP contribution in [-0.4, -0.2) is 37.2 Å². The van der Waals surface area contributed by atoms with E-state index in [-0.39, 0.29) is 31.1 Å². The van der Waals surface area contributed by atoms with Gasteiger partial charge in [-0.25, -0.2) is 0 Å². The summed E-state index contributed by atoms with van der Waals surface area (Å²) in [5.74, 6) is -0.907. The van der Waals surface area contributed by atoms with Crippen molar-refractivity contribution >= 4 is 17.9 Å². The molecule has 0 saturated heterocycles. The fourth-order valence-corrected chi connectivity index (χ4v) is 8.52. The van der Waals surface area contributed by atoms with Crippen LogP contribution in [0.25, 0.3) is 0 Å². The molecule has 1 atom stereocenters. The Kier molecular flexibility index (Phi) is 57.8. The van der Waals surface area contributed by atoms with Gasteiger partial charge in [0.05, 0.1) is 0 Å². The van der Waals surface area contributed by atoms with Gasteiger partial charge >= 0.3 is 17.9 Å². The van der Waals surface area contributed by atoms with Crippen molar-refractivity contribution in [2.75, 3.05) is 13.2 Å². The Labute approximate surface area is 451 Å². The van der Waals surface area contributed by atoms with Crippen LogP contribution in [0.5, 0.6) is 0 Å². The van der Waals surface area contributed by atoms with Gasteiger partial charge in [-0.1, -0.05) is 285 Å². The molecule has 73 heavy (non-hydrogen) atoms. The monoisotopic (exact) mass is 1010 g/mol. The van der Waals surface area contributed by atoms with Crippen LogP contribution in [-0.2, 0) is 28.6 Å². The Morgan fingerprint density at radius 3 is 0.836 bits per heavy atom. The second-order valence-electron chi connectivity index (χ2n) is 20.2. The molecule has 418 valence electrons. The minimum absolute atomic E-state index is 0.0830. The first kappa shape index (κ1) is 69.3. The van der Waals surface area contributed by atoms with Crippen LogP contribution in [0.3, 0.4) is 0 Å². The lowest BCUT2D eigenvalue weighted by molar-refractivity contribution is -0.167. The summed E-state index contributed by atoms with van der Waals surface area (Å²) in [5.41, 5.74) is 0. The highest BCUT2D eigenvalue weighted by atomic mass is 16.6. The van der Waals surface area contributed by atoms with Crippen molar-refractivity contribution in [2.45, 2.75) is 297 Å². The van der Waals surface area contributed by atoms with Gasteiger partial charge in [0, 0.05) is 19.3 Å². The zero-order valence-corrected chi connectivity index (χ0v) is 47.9. The maximum Gasteiger partial charge on any atom is 0.306 e. The van der Waals surface area contributed by atoms with Crippen molar-refractivity contribution in [3.8, 4) is 0 Å². The van der Waals surface area contributed by atoms with E-state index in [2.05, 4.69) is 118 Å². The Balaban J connectivity index is 4.22. The molecule has 0 aromatic carbocycles. The van der Waals surface area contributed by atoms with Crippen LogP contribution in [0.1, 0.15) is 290 Å². The van der Waals surface area contributed by atoms with Crippen molar-refractivity contribution in [1.29, 1.82) is 0 Å². The minimum atomic E-state index is -0.784. The highest BCUT2D eigenvalue weighted by Crippen LogP contribution is 2.16. The van der Waals surface area contributed by atoms with Gasteiger partial charge in [-0.05, 0) is 83.5 Å². The standard InChI is InChI=1S/C67H114O6/c1-4-7-10-13-16-18-20-22-24-26-28-29-30-31-32-33-34-35-36-37-39-40-42-44-46-48-51-54-57-60-66(69)72-63-64(62-71-65(68)59-56-53-50-15-12-9-6-3)73-67(70)61-58-55-52-49-47-45-43-41-38-27-25-23-21-19-17-14-11-8-5-2/h7,10,16,18,22,24,28-29,31-32,34-35,37,39,42,44,64H,4-6,8-9,11-15,17,19-21,23,25-27,30,33,36,38,40-41,43,45-63H2,1-3H3/b10-7-,18-16-,24-22-,29-28-,32-31-,35-34-,39-37-,44-42-. The third-order valence-electron chi connectivity index (χ3n) is 13.1. The summed E-state index contributed by atoms with van der Waals surface area (Å²) in [6.45, 7) is 6.48. The van der Waals surface area contributed by atoms with E-state index >= 15 is 0 Å². The number of hydrogen-bond donors (Lipinski definition) is 0. The van der Waals surface area contributed by atoms with Gasteiger partial charge in [-0.3, -0.25) is 14.4 Å². The highest BCUT2D eigenvalue weighted by molar-refractivity contribution is 5.71. The lowest BCUT2D eigenvalue weighted by Crippen LogP contribution is -2.30. The summed E-state index contributed by atoms with van der Waals surface area (Å²) < 4.78 is 16.8. The molecule has 0 saturated carbocycles. The third kappa shape index (κ3) is 59.1. The number of rotatable bonds is 55. The van der Waals surface area contributed by atoms with Gasteiger partial charge < -0.3 is 14.2 Å². The number of esters is 3. The van der Waals surface area contributed by atoms with E-state index in [1.165, 1.54) is 128 Å². The van der Waals surface area contributed by atoms with Gasteiger partial charge in [0.2, 0.25) is 0 Å². The summed E-state index contributed by atoms with van der Waals surface area (Å²) in [5, 5.41) is 0. The maximum absolute atomic E-state index is 12.8. The molecule has 0 spiro atoms. The molecule has 0 bridgehead atoms. The van der Waals surface area contributed by atoms with Crippen molar-refractivity contribution in [1.82, 2.24) is 0 Å². The fraction of sp³-hybridized carbons (Fsp3) is 0.716. The van der Waals surface area contributed by atoms with Gasteiger partial charge in [-0.2, -0.15) is 0 Å². The zero-order valence-electron chi connectivity index (χ0n) is 47.9. The van der Waals surface area contributed by atoms with Gasteiger partial charge in [0.25, 0.3) is 0 Å². The van der Waals surface area contributed by atoms with Crippen LogP contribution in [0, 0.1) is 0 Å². The average molecular weight is 1020 g/mol. The largest absolute Gasteiger partial charge is 0.462 e. The smallest absolute Gasteiger partial charge is 0.306 e. The number of ether oxygens (including phenoxy) is 3. The van der Waals surface area contributed by atoms with Crippen molar-refractivity contribution in [3.05, 3.63) is 97.2 Å². The van der Waals surface area contributed by atoms with E-state index in [0.29, 0.717) is 19.3 Å². The SMILES string of the molecule is CC/C=C\C/C=C\C/C=C\C/C=C\C/C=C\C/C=C\C/C=C\C/C=C\CCCCCCC(=O)OCC(COC(=O)CCCCCCCCC)OC(=O)CCCCCCCCCCCCCCCCCCCCC. The number of carbonyl (C=O) groups is 3. The molecule has 6 heteroatoms. The number of carbonyl (C=O) groups excluding carboxylic acids is 3. The number of hydrogen-bond acceptors (Lipinski definition) is 6. The van der Waals surface area contributed by atoms with Gasteiger partial charge in [0.1, 0.15) is 13.2 Å². The molecular weight excluding hydrogens is 901 g/mol. The van der Waals surface area contributed by atoms with E-state index in [1.807, 2.05) is 0 Å². The first-order chi connectivity index (χ1) is 36.0. The normalized spacial score (nSPS) is 12.8. The lowest BCUT2D eigenvalue weighted by Gasteiger charge is -2.18. The van der Waals surface area contributed by atoms with E-state index in [4.69, 9.17) is 14.2 Å². The summed E-state index contributed by atoms with van der Waals surface area (Å²) >= 11 is 0. The van der Waals surface area contributed by atoms with Crippen LogP contribution >= 0.6 is 0 Å². The van der Waals surface area contributed by atoms with E-state index in [0.717, 1.165) is 122 Å². The first-order valence-electron chi connectivity index (χ1n) is 30.7. The molecule has 1 unspecified atom stereocenters. The minimum Gasteiger partial charge on any atom is -0.462 e. The molecule has 0 fully saturated rings. The molecule has 0 aromatic heterocycles. The Bertz CT molecular complexity index is 1440. The summed E-state index contributed by atoms with van der Waals surface area (Å²) in [4.78, 5) is 38.0. The second kappa shape index (κ2) is 60.9. The van der Waals surface area contributed by atoms with Crippen molar-refractivity contribution < 1.29 is 28.6 Å². The van der Waals surface area contributed by atoms with Crippen LogP contribution < -0.4 is 0 Å². The van der Waals surface area contributed by atoms with Gasteiger partial charge in [0.15, 0.2) is 6.10 Å². The molecule has 0 radical (unpaired) electrons. The summed E-state index contributed by atoms with van der Waals surface area (Å²) in [6, 6.07) is 0. The summed E-state index contributed by atoms with van der Waals surface area (Å²) in [7, 11) is 0. The van der Waals surface area contributed by atoms with Crippen molar-refractivity contribution in [3.63, 3.8) is 0 Å². The lowest BCUT2D eigenvalue weighted by atomic mass is 10.0. The number of allylic oxidation sites excluding steroid dienone is 16. The fourth-order valence-electron chi connectivity index (χ4n) is 8.52. The summed E-state index contributed by atoms with van der Waals surface area (Å²) in [6.07, 6.45) is 81.4. The van der Waals surface area contributed by atoms with E-state index < -0.39 is 6.10 Å². The Morgan fingerprint density at radius 2 is 0.534 bits per heavy atom. The van der Waals surface area contributed by atoms with Crippen LogP contribution in [0.2, 0.25) is 0 Å². The van der Waals surface area contributed by atoms with Gasteiger partial charge in [-0.15, -0.1) is 0 Å². The first-order valence-corrected chi connectivity index (χ1v) is 30.7. The van der Waals surface area contributed by atoms with Crippen LogP contribution in [0.4, 0.5) is 0 Å². The quantitative estimate of drug-likeness (QED) is 0.0261. The molecule has 0 aliphatic rings. The van der Waals surface area contributed by atoms with E-state index in [1.54, 1.807) is 0 Å². The molecular formula is C67H114O6. The van der Waals surface area contributed by atoms with E-state index in [9.17, 15) is 14.4 Å². The third-order valence-corrected chi connectivity index (χ3v) is 13.1. The molecule has 0 aromatic rings. The van der Waals surface area contributed by atoms with Crippen molar-refractivity contribution in [2.24, 2.45) is 0 Å². The molecule has 0 rings (SSSR count). The average Bonchev–Trinajstić information content (AvgIpc) is 3.39. The molecule has 0 amide bonds. The second-order valence-corrected chi connectivity index (χ2v) is 20.2. The predicted octanol–water partition coefficient (Wildman–Crippen LogP) is 20.9. The molecule has 0 aliphatic heterocycles. The molecule has 0 N–H and O–H groups in total. The Hall–Kier alpha value is -3.67. The number of unbranched alkanes of at least 4 members (excludes halogenated alkanes) is 28. The zero-order chi connectivity index (χ0) is 52.9. The Morgan fingerprint density at radius 1 is 0.288 bits per heavy atom. The topological polar surface area (TPSA) is 78.9 Å². The molecule has 0 heterocycles. The molecule has 6 nitrogen and oxygen atoms in total. The molecule has 0 aliphatic carbocycles. The van der Waals surface area contributed by atoms with Crippen LogP contribution in [0.15, 0.2) is 97.2 Å². The maximum atomic E-state index is 12.8. The predicted molar refractivity (Wildman–Crippen MR) is 316 cm³/mol.